The largest absolute Gasteiger partial charge is 0.390 e. The number of nitrogens with zero attached hydrogens (tertiary/aromatic N) is 2. The molecule has 2 unspecified atom stereocenters. The first kappa shape index (κ1) is 10.8. The fraction of sp³-hybridized carbons (Fsp3) is 0.500. The summed E-state index contributed by atoms with van der Waals surface area (Å²) in [5, 5.41) is 19.0. The highest BCUT2D eigenvalue weighted by Gasteiger charge is 2.18. The Hall–Kier alpha value is -1.24. The Morgan fingerprint density at radius 1 is 1.29 bits per heavy atom. The van der Waals surface area contributed by atoms with Crippen LogP contribution < -0.4 is 11.5 Å². The second kappa shape index (κ2) is 4.85. The quantitative estimate of drug-likeness (QED) is 0.482. The van der Waals surface area contributed by atoms with Crippen LogP contribution in [0.2, 0.25) is 0 Å². The van der Waals surface area contributed by atoms with E-state index in [1.807, 2.05) is 0 Å². The summed E-state index contributed by atoms with van der Waals surface area (Å²) in [5.74, 6) is 0.272. The summed E-state index contributed by atoms with van der Waals surface area (Å²) < 4.78 is 0. The van der Waals surface area contributed by atoms with E-state index in [-0.39, 0.29) is 5.82 Å². The van der Waals surface area contributed by atoms with Gasteiger partial charge in [-0.05, 0) is 13.0 Å². The molecule has 1 aromatic rings. The van der Waals surface area contributed by atoms with E-state index in [4.69, 9.17) is 11.5 Å². The molecule has 0 fully saturated rings. The van der Waals surface area contributed by atoms with Crippen molar-refractivity contribution in [3.63, 3.8) is 0 Å². The highest BCUT2D eigenvalue weighted by Crippen LogP contribution is 2.15. The van der Waals surface area contributed by atoms with Gasteiger partial charge in [-0.25, -0.2) is 4.98 Å². The van der Waals surface area contributed by atoms with Gasteiger partial charge in [0.15, 0.2) is 0 Å². The monoisotopic (exact) mass is 198 g/mol. The van der Waals surface area contributed by atoms with Crippen molar-refractivity contribution in [1.29, 1.82) is 0 Å². The van der Waals surface area contributed by atoms with Crippen LogP contribution in [-0.2, 0) is 0 Å². The molecule has 1 heterocycles. The zero-order valence-corrected chi connectivity index (χ0v) is 7.67. The van der Waals surface area contributed by atoms with Gasteiger partial charge in [0.05, 0.1) is 24.2 Å². The fourth-order valence-corrected chi connectivity index (χ4v) is 1.03. The van der Waals surface area contributed by atoms with Crippen LogP contribution in [0.4, 0.5) is 5.82 Å². The smallest absolute Gasteiger partial charge is 0.141 e. The molecular weight excluding hydrogens is 184 g/mol. The lowest BCUT2D eigenvalue weighted by Crippen LogP contribution is -2.22. The Morgan fingerprint density at radius 2 is 2.00 bits per heavy atom. The van der Waals surface area contributed by atoms with Crippen LogP contribution in [0.1, 0.15) is 18.2 Å². The molecule has 6 heteroatoms. The maximum Gasteiger partial charge on any atom is 0.141 e. The van der Waals surface area contributed by atoms with Gasteiger partial charge in [-0.15, -0.1) is 0 Å². The fourth-order valence-electron chi connectivity index (χ4n) is 1.03. The molecule has 0 radical (unpaired) electrons. The summed E-state index contributed by atoms with van der Waals surface area (Å²) in [6.45, 7) is 0.306. The molecule has 0 spiro atoms. The lowest BCUT2D eigenvalue weighted by atomic mass is 10.1. The van der Waals surface area contributed by atoms with Crippen molar-refractivity contribution in [3.8, 4) is 0 Å². The van der Waals surface area contributed by atoms with E-state index in [0.717, 1.165) is 0 Å². The van der Waals surface area contributed by atoms with Crippen molar-refractivity contribution in [3.05, 3.63) is 18.1 Å². The highest BCUT2D eigenvalue weighted by atomic mass is 16.3. The molecule has 0 aliphatic rings. The van der Waals surface area contributed by atoms with E-state index < -0.39 is 12.2 Å². The molecule has 1 aromatic heterocycles. The first-order valence-corrected chi connectivity index (χ1v) is 4.28. The number of aliphatic hydroxyl groups excluding tert-OH is 2. The van der Waals surface area contributed by atoms with Crippen LogP contribution in [0.15, 0.2) is 12.4 Å². The van der Waals surface area contributed by atoms with E-state index in [9.17, 15) is 10.2 Å². The predicted octanol–water partition coefficient (Wildman–Crippen LogP) is -1.20. The average Bonchev–Trinajstić information content (AvgIpc) is 2.18. The van der Waals surface area contributed by atoms with Gasteiger partial charge in [0, 0.05) is 0 Å². The van der Waals surface area contributed by atoms with Crippen LogP contribution in [0, 0.1) is 0 Å². The maximum absolute atomic E-state index is 9.56. The minimum Gasteiger partial charge on any atom is -0.390 e. The predicted molar refractivity (Wildman–Crippen MR) is 51.1 cm³/mol. The number of nitrogens with two attached hydrogens (primary N) is 2. The van der Waals surface area contributed by atoms with E-state index in [1.165, 1.54) is 12.4 Å². The summed E-state index contributed by atoms with van der Waals surface area (Å²) in [5.41, 5.74) is 10.9. The molecule has 6 nitrogen and oxygen atoms in total. The van der Waals surface area contributed by atoms with Crippen LogP contribution in [-0.4, -0.2) is 32.8 Å². The highest BCUT2D eigenvalue weighted by molar-refractivity contribution is 5.23. The Bertz CT molecular complexity index is 277. The minimum absolute atomic E-state index is 0.272. The lowest BCUT2D eigenvalue weighted by molar-refractivity contribution is 0.0123. The van der Waals surface area contributed by atoms with Crippen molar-refractivity contribution in [2.45, 2.75) is 18.6 Å². The first-order valence-electron chi connectivity index (χ1n) is 4.28. The van der Waals surface area contributed by atoms with Crippen molar-refractivity contribution < 1.29 is 10.2 Å². The van der Waals surface area contributed by atoms with Crippen LogP contribution in [0.3, 0.4) is 0 Å². The van der Waals surface area contributed by atoms with Crippen LogP contribution in [0.25, 0.3) is 0 Å². The molecule has 2 atom stereocenters. The van der Waals surface area contributed by atoms with Gasteiger partial charge in [-0.2, -0.15) is 0 Å². The molecule has 0 saturated carbocycles. The van der Waals surface area contributed by atoms with Crippen LogP contribution >= 0.6 is 0 Å². The normalized spacial score (nSPS) is 15.1. The van der Waals surface area contributed by atoms with Crippen molar-refractivity contribution in [1.82, 2.24) is 9.97 Å². The molecule has 1 rings (SSSR count). The number of rotatable bonds is 4. The number of anilines is 1. The van der Waals surface area contributed by atoms with Crippen molar-refractivity contribution in [2.75, 3.05) is 12.3 Å². The van der Waals surface area contributed by atoms with Crippen molar-refractivity contribution >= 4 is 5.82 Å². The van der Waals surface area contributed by atoms with Gasteiger partial charge in [0.2, 0.25) is 0 Å². The zero-order chi connectivity index (χ0) is 10.6. The molecule has 14 heavy (non-hydrogen) atoms. The molecular formula is C8H14N4O2. The average molecular weight is 198 g/mol. The van der Waals surface area contributed by atoms with Gasteiger partial charge < -0.3 is 21.7 Å². The molecule has 78 valence electrons. The molecule has 0 aliphatic heterocycles. The zero-order valence-electron chi connectivity index (χ0n) is 7.67. The number of hydrogen-bond acceptors (Lipinski definition) is 6. The Morgan fingerprint density at radius 3 is 2.50 bits per heavy atom. The third-order valence-corrected chi connectivity index (χ3v) is 1.82. The minimum atomic E-state index is -1.06. The number of aromatic nitrogens is 2. The summed E-state index contributed by atoms with van der Waals surface area (Å²) in [4.78, 5) is 7.60. The first-order chi connectivity index (χ1) is 6.65. The number of nitrogen functional groups attached to an aromatic ring is 1. The van der Waals surface area contributed by atoms with E-state index in [1.54, 1.807) is 0 Å². The number of aliphatic hydroxyl groups is 2. The van der Waals surface area contributed by atoms with Gasteiger partial charge in [0.1, 0.15) is 11.9 Å². The van der Waals surface area contributed by atoms with Gasteiger partial charge in [0.25, 0.3) is 0 Å². The molecule has 0 saturated heterocycles. The van der Waals surface area contributed by atoms with E-state index in [0.29, 0.717) is 18.7 Å². The molecule has 0 aromatic carbocycles. The summed E-state index contributed by atoms with van der Waals surface area (Å²) in [6, 6.07) is 0. The molecule has 0 aliphatic carbocycles. The second-order valence-corrected chi connectivity index (χ2v) is 2.96. The summed E-state index contributed by atoms with van der Waals surface area (Å²) in [6.07, 6.45) is 0.991. The molecule has 0 bridgehead atoms. The topological polar surface area (TPSA) is 118 Å². The summed E-state index contributed by atoms with van der Waals surface area (Å²) in [7, 11) is 0. The van der Waals surface area contributed by atoms with Gasteiger partial charge >= 0.3 is 0 Å². The Balaban J connectivity index is 2.68. The van der Waals surface area contributed by atoms with Gasteiger partial charge in [-0.1, -0.05) is 0 Å². The second-order valence-electron chi connectivity index (χ2n) is 2.96. The van der Waals surface area contributed by atoms with Gasteiger partial charge in [-0.3, -0.25) is 4.98 Å². The lowest BCUT2D eigenvalue weighted by Gasteiger charge is -2.15. The SMILES string of the molecule is NCCC(O)C(O)c1cnc(N)cn1. The number of hydrogen-bond donors (Lipinski definition) is 4. The van der Waals surface area contributed by atoms with Crippen LogP contribution in [0.5, 0.6) is 0 Å². The Labute approximate surface area is 81.6 Å². The standard InChI is InChI=1S/C8H14N4O2/c9-2-1-6(13)8(14)5-3-12-7(10)4-11-5/h3-4,6,8,13-14H,1-2,9H2,(H2,10,12). The molecule has 0 amide bonds. The summed E-state index contributed by atoms with van der Waals surface area (Å²) >= 11 is 0. The maximum atomic E-state index is 9.56. The van der Waals surface area contributed by atoms with E-state index in [2.05, 4.69) is 9.97 Å². The third-order valence-electron chi connectivity index (χ3n) is 1.82. The van der Waals surface area contributed by atoms with E-state index >= 15 is 0 Å². The van der Waals surface area contributed by atoms with Crippen molar-refractivity contribution in [2.24, 2.45) is 5.73 Å². The third kappa shape index (κ3) is 2.63. The Kier molecular flexibility index (Phi) is 3.75. The molecule has 6 N–H and O–H groups in total.